The third-order valence-corrected chi connectivity index (χ3v) is 1.88. The van der Waals surface area contributed by atoms with E-state index in [1.807, 2.05) is 0 Å². The lowest BCUT2D eigenvalue weighted by molar-refractivity contribution is -0.386. The summed E-state index contributed by atoms with van der Waals surface area (Å²) >= 11 is 0. The lowest BCUT2D eigenvalue weighted by atomic mass is 10.1. The van der Waals surface area contributed by atoms with E-state index in [4.69, 9.17) is 0 Å². The van der Waals surface area contributed by atoms with Gasteiger partial charge in [0.15, 0.2) is 0 Å². The summed E-state index contributed by atoms with van der Waals surface area (Å²) < 4.78 is 29.1. The van der Waals surface area contributed by atoms with Gasteiger partial charge in [-0.2, -0.15) is 0 Å². The summed E-state index contributed by atoms with van der Waals surface area (Å²) in [5, 5.41) is 10.5. The van der Waals surface area contributed by atoms with E-state index in [2.05, 4.69) is 4.74 Å². The Morgan fingerprint density at radius 1 is 1.50 bits per heavy atom. The lowest BCUT2D eigenvalue weighted by Crippen LogP contribution is -2.04. The molecule has 0 aliphatic carbocycles. The predicted molar refractivity (Wildman–Crippen MR) is 49.4 cm³/mol. The first-order valence-corrected chi connectivity index (χ1v) is 4.12. The highest BCUT2D eigenvalue weighted by Gasteiger charge is 2.23. The maximum atomic E-state index is 12.4. The number of ether oxygens (including phenoxy) is 1. The van der Waals surface area contributed by atoms with Gasteiger partial charge in [-0.25, -0.2) is 13.6 Å². The van der Waals surface area contributed by atoms with Crippen LogP contribution < -0.4 is 0 Å². The van der Waals surface area contributed by atoms with Gasteiger partial charge >= 0.3 is 5.97 Å². The summed E-state index contributed by atoms with van der Waals surface area (Å²) in [7, 11) is 1.09. The molecule has 0 aromatic heterocycles. The van der Waals surface area contributed by atoms with Gasteiger partial charge in [-0.05, 0) is 12.1 Å². The van der Waals surface area contributed by atoms with Gasteiger partial charge < -0.3 is 4.74 Å². The molecule has 0 saturated heterocycles. The molecule has 1 aromatic carbocycles. The first-order valence-electron chi connectivity index (χ1n) is 4.12. The molecule has 0 bridgehead atoms. The number of carbonyl (C=O) groups is 1. The molecule has 0 heterocycles. The Labute approximate surface area is 88.8 Å². The monoisotopic (exact) mass is 231 g/mol. The molecule has 0 aliphatic rings. The molecular formula is C9H7F2NO4. The van der Waals surface area contributed by atoms with Crippen LogP contribution >= 0.6 is 0 Å². The average Bonchev–Trinajstić information content (AvgIpc) is 2.26. The highest BCUT2D eigenvalue weighted by Crippen LogP contribution is 2.29. The summed E-state index contributed by atoms with van der Waals surface area (Å²) in [6, 6.07) is 2.67. The molecular weight excluding hydrogens is 224 g/mol. The molecule has 7 heteroatoms. The number of halogens is 2. The third-order valence-electron chi connectivity index (χ3n) is 1.88. The molecule has 16 heavy (non-hydrogen) atoms. The lowest BCUT2D eigenvalue weighted by Gasteiger charge is -2.03. The highest BCUT2D eigenvalue weighted by molar-refractivity contribution is 5.90. The minimum absolute atomic E-state index is 0.140. The molecule has 86 valence electrons. The normalized spacial score (nSPS) is 10.2. The van der Waals surface area contributed by atoms with Crippen molar-refractivity contribution < 1.29 is 23.2 Å². The van der Waals surface area contributed by atoms with Crippen LogP contribution in [0.5, 0.6) is 0 Å². The Balaban J connectivity index is 3.28. The maximum absolute atomic E-state index is 12.4. The molecule has 0 saturated carbocycles. The number of benzene rings is 1. The van der Waals surface area contributed by atoms with E-state index in [-0.39, 0.29) is 5.56 Å². The van der Waals surface area contributed by atoms with Gasteiger partial charge in [0.25, 0.3) is 12.1 Å². The zero-order valence-electron chi connectivity index (χ0n) is 8.15. The number of alkyl halides is 2. The van der Waals surface area contributed by atoms with Crippen molar-refractivity contribution in [1.82, 2.24) is 0 Å². The second-order valence-corrected chi connectivity index (χ2v) is 2.82. The summed E-state index contributed by atoms with van der Waals surface area (Å²) in [6.07, 6.45) is -2.97. The van der Waals surface area contributed by atoms with E-state index in [0.717, 1.165) is 25.3 Å². The molecule has 0 amide bonds. The molecule has 1 rings (SSSR count). The van der Waals surface area contributed by atoms with Crippen LogP contribution in [0.15, 0.2) is 18.2 Å². The average molecular weight is 231 g/mol. The zero-order chi connectivity index (χ0) is 12.3. The predicted octanol–water partition coefficient (Wildman–Crippen LogP) is 2.32. The molecule has 0 radical (unpaired) electrons. The molecule has 0 N–H and O–H groups in total. The number of nitro groups is 1. The van der Waals surface area contributed by atoms with Crippen LogP contribution in [0, 0.1) is 10.1 Å². The standard InChI is InChI=1S/C9H7F2NO4/c1-16-9(13)5-2-3-6(8(10)11)7(4-5)12(14)15/h2-4,8H,1H3. The largest absolute Gasteiger partial charge is 0.465 e. The fourth-order valence-corrected chi connectivity index (χ4v) is 1.13. The third kappa shape index (κ3) is 2.30. The first kappa shape index (κ1) is 12.0. The van der Waals surface area contributed by atoms with Crippen molar-refractivity contribution in [3.8, 4) is 0 Å². The molecule has 0 atom stereocenters. The smallest absolute Gasteiger partial charge is 0.338 e. The van der Waals surface area contributed by atoms with Crippen molar-refractivity contribution >= 4 is 11.7 Å². The summed E-state index contributed by atoms with van der Waals surface area (Å²) in [5.74, 6) is -0.816. The number of esters is 1. The highest BCUT2D eigenvalue weighted by atomic mass is 19.3. The number of nitro benzene ring substituents is 1. The fraction of sp³-hybridized carbons (Fsp3) is 0.222. The Hall–Kier alpha value is -2.05. The summed E-state index contributed by atoms with van der Waals surface area (Å²) in [5.41, 5.74) is -1.66. The minimum atomic E-state index is -2.97. The van der Waals surface area contributed by atoms with Crippen molar-refractivity contribution in [2.24, 2.45) is 0 Å². The second-order valence-electron chi connectivity index (χ2n) is 2.82. The van der Waals surface area contributed by atoms with Crippen LogP contribution in [0.2, 0.25) is 0 Å². The van der Waals surface area contributed by atoms with Crippen molar-refractivity contribution in [2.45, 2.75) is 6.43 Å². The Morgan fingerprint density at radius 2 is 2.12 bits per heavy atom. The molecule has 0 unspecified atom stereocenters. The van der Waals surface area contributed by atoms with E-state index in [1.54, 1.807) is 0 Å². The number of carbonyl (C=O) groups excluding carboxylic acids is 1. The van der Waals surface area contributed by atoms with Crippen molar-refractivity contribution in [3.05, 3.63) is 39.4 Å². The molecule has 0 spiro atoms. The Kier molecular flexibility index (Phi) is 3.49. The van der Waals surface area contributed by atoms with Gasteiger partial charge in [-0.15, -0.1) is 0 Å². The van der Waals surface area contributed by atoms with Gasteiger partial charge in [0.1, 0.15) is 0 Å². The number of hydrogen-bond acceptors (Lipinski definition) is 4. The number of methoxy groups -OCH3 is 1. The number of hydrogen-bond donors (Lipinski definition) is 0. The van der Waals surface area contributed by atoms with Crippen LogP contribution in [-0.2, 0) is 4.74 Å². The van der Waals surface area contributed by atoms with Crippen molar-refractivity contribution in [2.75, 3.05) is 7.11 Å². The summed E-state index contributed by atoms with van der Waals surface area (Å²) in [4.78, 5) is 20.6. The van der Waals surface area contributed by atoms with E-state index < -0.39 is 28.6 Å². The van der Waals surface area contributed by atoms with Gasteiger partial charge in [-0.1, -0.05) is 0 Å². The van der Waals surface area contributed by atoms with Crippen molar-refractivity contribution in [1.29, 1.82) is 0 Å². The molecule has 1 aromatic rings. The van der Waals surface area contributed by atoms with Crippen LogP contribution in [0.4, 0.5) is 14.5 Å². The van der Waals surface area contributed by atoms with Gasteiger partial charge in [0.05, 0.1) is 23.2 Å². The topological polar surface area (TPSA) is 69.4 Å². The quantitative estimate of drug-likeness (QED) is 0.454. The molecule has 0 fully saturated rings. The van der Waals surface area contributed by atoms with Gasteiger partial charge in [-0.3, -0.25) is 10.1 Å². The van der Waals surface area contributed by atoms with E-state index in [1.165, 1.54) is 0 Å². The van der Waals surface area contributed by atoms with Crippen LogP contribution in [0.3, 0.4) is 0 Å². The molecule has 0 aliphatic heterocycles. The molecule has 5 nitrogen and oxygen atoms in total. The van der Waals surface area contributed by atoms with Gasteiger partial charge in [0.2, 0.25) is 0 Å². The fourth-order valence-electron chi connectivity index (χ4n) is 1.13. The van der Waals surface area contributed by atoms with E-state index >= 15 is 0 Å². The zero-order valence-corrected chi connectivity index (χ0v) is 8.15. The van der Waals surface area contributed by atoms with Crippen LogP contribution in [0.1, 0.15) is 22.3 Å². The Morgan fingerprint density at radius 3 is 2.56 bits per heavy atom. The van der Waals surface area contributed by atoms with E-state index in [0.29, 0.717) is 0 Å². The second kappa shape index (κ2) is 4.65. The maximum Gasteiger partial charge on any atom is 0.338 e. The minimum Gasteiger partial charge on any atom is -0.465 e. The number of rotatable bonds is 3. The van der Waals surface area contributed by atoms with E-state index in [9.17, 15) is 23.7 Å². The van der Waals surface area contributed by atoms with Crippen LogP contribution in [-0.4, -0.2) is 18.0 Å². The summed E-state index contributed by atoms with van der Waals surface area (Å²) in [6.45, 7) is 0. The first-order chi connectivity index (χ1) is 7.47. The van der Waals surface area contributed by atoms with Gasteiger partial charge in [0, 0.05) is 6.07 Å². The van der Waals surface area contributed by atoms with Crippen LogP contribution in [0.25, 0.3) is 0 Å². The SMILES string of the molecule is COC(=O)c1ccc(C(F)F)c([N+](=O)[O-])c1. The Bertz CT molecular complexity index is 434. The number of nitrogens with zero attached hydrogens (tertiary/aromatic N) is 1. The van der Waals surface area contributed by atoms with Crippen molar-refractivity contribution in [3.63, 3.8) is 0 Å².